The van der Waals surface area contributed by atoms with Crippen LogP contribution in [0.4, 0.5) is 0 Å². The fourth-order valence-corrected chi connectivity index (χ4v) is 0.278. The second kappa shape index (κ2) is 3.01. The van der Waals surface area contributed by atoms with Crippen LogP contribution < -0.4 is 0 Å². The van der Waals surface area contributed by atoms with Crippen molar-refractivity contribution in [2.75, 3.05) is 0 Å². The van der Waals surface area contributed by atoms with Gasteiger partial charge in [0.2, 0.25) is 0 Å². The molecule has 1 nitrogen and oxygen atoms in total. The van der Waals surface area contributed by atoms with Gasteiger partial charge in [-0.05, 0) is 12.1 Å². The van der Waals surface area contributed by atoms with E-state index in [-0.39, 0.29) is 17.1 Å². The van der Waals surface area contributed by atoms with Crippen LogP contribution in [0.1, 0.15) is 0 Å². The van der Waals surface area contributed by atoms with Crippen LogP contribution in [0.25, 0.3) is 0 Å². The van der Waals surface area contributed by atoms with Crippen LogP contribution in [0.15, 0.2) is 24.5 Å². The summed E-state index contributed by atoms with van der Waals surface area (Å²) in [6, 6.07) is 3.89. The monoisotopic (exact) mass is 123 g/mol. The van der Waals surface area contributed by atoms with Crippen molar-refractivity contribution in [3.8, 4) is 0 Å². The first-order valence-electron chi connectivity index (χ1n) is 1.58. The van der Waals surface area contributed by atoms with Crippen LogP contribution in [-0.2, 0) is 17.1 Å². The Morgan fingerprint density at radius 3 is 1.67 bits per heavy atom. The van der Waals surface area contributed by atoms with Gasteiger partial charge in [-0.1, -0.05) is 0 Å². The average molecular weight is 123 g/mol. The standard InChI is InChI=1S/C4H5N.Fe/c1-2-4-5-3-1;/h1-5H;/q;+2. The first-order chi connectivity index (χ1) is 2.50. The second-order valence-corrected chi connectivity index (χ2v) is 0.885. The smallest absolute Gasteiger partial charge is 0.368 e. The molecule has 0 aromatic carbocycles. The quantitative estimate of drug-likeness (QED) is 0.495. The molecule has 32 valence electrons. The Bertz CT molecular complexity index is 64.0. The summed E-state index contributed by atoms with van der Waals surface area (Å²) in [6.45, 7) is 0. The summed E-state index contributed by atoms with van der Waals surface area (Å²) in [5.41, 5.74) is 0. The first kappa shape index (κ1) is 5.80. The van der Waals surface area contributed by atoms with E-state index in [0.717, 1.165) is 0 Å². The molecule has 0 unspecified atom stereocenters. The topological polar surface area (TPSA) is 15.8 Å². The van der Waals surface area contributed by atoms with Gasteiger partial charge < -0.3 is 4.98 Å². The number of rotatable bonds is 0. The van der Waals surface area contributed by atoms with E-state index in [0.29, 0.717) is 0 Å². The van der Waals surface area contributed by atoms with E-state index in [2.05, 4.69) is 4.98 Å². The predicted octanol–water partition coefficient (Wildman–Crippen LogP) is 1.01. The van der Waals surface area contributed by atoms with Crippen molar-refractivity contribution in [1.82, 2.24) is 4.98 Å². The van der Waals surface area contributed by atoms with E-state index in [1.807, 2.05) is 24.5 Å². The van der Waals surface area contributed by atoms with Gasteiger partial charge in [0.1, 0.15) is 0 Å². The molecule has 0 atom stereocenters. The molecule has 0 saturated heterocycles. The molecule has 1 N–H and O–H groups in total. The minimum Gasteiger partial charge on any atom is -0.368 e. The van der Waals surface area contributed by atoms with E-state index in [1.165, 1.54) is 0 Å². The Kier molecular flexibility index (Phi) is 2.91. The maximum Gasteiger partial charge on any atom is 2.00 e. The SMILES string of the molecule is [Fe+2].c1cc[nH]c1. The molecule has 0 radical (unpaired) electrons. The minimum atomic E-state index is 0. The van der Waals surface area contributed by atoms with E-state index in [1.54, 1.807) is 0 Å². The molecule has 0 aliphatic carbocycles. The minimum absolute atomic E-state index is 0. The van der Waals surface area contributed by atoms with Crippen molar-refractivity contribution >= 4 is 0 Å². The molecule has 0 fully saturated rings. The molecule has 1 aromatic rings. The van der Waals surface area contributed by atoms with Crippen molar-refractivity contribution < 1.29 is 17.1 Å². The Labute approximate surface area is 47.2 Å². The second-order valence-electron chi connectivity index (χ2n) is 0.885. The molecule has 2 heteroatoms. The number of aromatic nitrogens is 1. The third kappa shape index (κ3) is 1.29. The zero-order valence-corrected chi connectivity index (χ0v) is 4.27. The zero-order valence-electron chi connectivity index (χ0n) is 3.16. The van der Waals surface area contributed by atoms with Crippen molar-refractivity contribution in [1.29, 1.82) is 0 Å². The van der Waals surface area contributed by atoms with Gasteiger partial charge >= 0.3 is 17.1 Å². The third-order valence-electron chi connectivity index (χ3n) is 0.496. The molecule has 0 spiro atoms. The number of aromatic amines is 1. The fourth-order valence-electron chi connectivity index (χ4n) is 0.278. The Morgan fingerprint density at radius 2 is 1.50 bits per heavy atom. The van der Waals surface area contributed by atoms with Gasteiger partial charge in [-0.2, -0.15) is 0 Å². The molecule has 1 heterocycles. The van der Waals surface area contributed by atoms with Crippen LogP contribution >= 0.6 is 0 Å². The van der Waals surface area contributed by atoms with Gasteiger partial charge in [0, 0.05) is 12.4 Å². The average Bonchev–Trinajstić information content (AvgIpc) is 1.76. The van der Waals surface area contributed by atoms with Crippen LogP contribution in [0, 0.1) is 0 Å². The summed E-state index contributed by atoms with van der Waals surface area (Å²) in [5.74, 6) is 0. The van der Waals surface area contributed by atoms with Crippen LogP contribution in [0.3, 0.4) is 0 Å². The van der Waals surface area contributed by atoms with Gasteiger partial charge in [0.15, 0.2) is 0 Å². The third-order valence-corrected chi connectivity index (χ3v) is 0.496. The van der Waals surface area contributed by atoms with Gasteiger partial charge in [-0.3, -0.25) is 0 Å². The van der Waals surface area contributed by atoms with Crippen molar-refractivity contribution in [3.05, 3.63) is 24.5 Å². The molecular formula is C4H5FeN+2. The fraction of sp³-hybridized carbons (Fsp3) is 0. The molecule has 0 bridgehead atoms. The molecule has 0 saturated carbocycles. The number of hydrogen-bond acceptors (Lipinski definition) is 0. The maximum atomic E-state index is 2.86. The molecule has 0 aliphatic heterocycles. The van der Waals surface area contributed by atoms with Crippen molar-refractivity contribution in [2.24, 2.45) is 0 Å². The summed E-state index contributed by atoms with van der Waals surface area (Å²) in [7, 11) is 0. The number of hydrogen-bond donors (Lipinski definition) is 1. The summed E-state index contributed by atoms with van der Waals surface area (Å²) in [4.78, 5) is 2.86. The predicted molar refractivity (Wildman–Crippen MR) is 20.8 cm³/mol. The molecule has 6 heavy (non-hydrogen) atoms. The normalized spacial score (nSPS) is 6.67. The Morgan fingerprint density at radius 1 is 1.00 bits per heavy atom. The van der Waals surface area contributed by atoms with Gasteiger partial charge in [0.05, 0.1) is 0 Å². The maximum absolute atomic E-state index is 2.86. The van der Waals surface area contributed by atoms with Gasteiger partial charge in [-0.15, -0.1) is 0 Å². The van der Waals surface area contributed by atoms with E-state index >= 15 is 0 Å². The van der Waals surface area contributed by atoms with Gasteiger partial charge in [-0.25, -0.2) is 0 Å². The van der Waals surface area contributed by atoms with E-state index in [9.17, 15) is 0 Å². The summed E-state index contributed by atoms with van der Waals surface area (Å²) >= 11 is 0. The van der Waals surface area contributed by atoms with Crippen LogP contribution in [0.5, 0.6) is 0 Å². The number of H-pyrrole nitrogens is 1. The van der Waals surface area contributed by atoms with Gasteiger partial charge in [0.25, 0.3) is 0 Å². The Hall–Kier alpha value is -0.201. The van der Waals surface area contributed by atoms with Crippen LogP contribution in [-0.4, -0.2) is 4.98 Å². The number of nitrogens with one attached hydrogen (secondary N) is 1. The van der Waals surface area contributed by atoms with Crippen LogP contribution in [0.2, 0.25) is 0 Å². The molecule has 0 amide bonds. The molecule has 1 rings (SSSR count). The van der Waals surface area contributed by atoms with Crippen molar-refractivity contribution in [3.63, 3.8) is 0 Å². The summed E-state index contributed by atoms with van der Waals surface area (Å²) in [6.07, 6.45) is 3.75. The summed E-state index contributed by atoms with van der Waals surface area (Å²) in [5, 5.41) is 0. The molecule has 0 aliphatic rings. The van der Waals surface area contributed by atoms with E-state index in [4.69, 9.17) is 0 Å². The first-order valence-corrected chi connectivity index (χ1v) is 1.58. The van der Waals surface area contributed by atoms with E-state index < -0.39 is 0 Å². The zero-order chi connectivity index (χ0) is 3.54. The largest absolute Gasteiger partial charge is 2.00 e. The van der Waals surface area contributed by atoms with Crippen molar-refractivity contribution in [2.45, 2.75) is 0 Å². The molecule has 1 aromatic heterocycles. The molecular weight excluding hydrogens is 118 g/mol. The summed E-state index contributed by atoms with van der Waals surface area (Å²) < 4.78 is 0. The Balaban J connectivity index is 0.000000250.